The molecule has 0 bridgehead atoms. The molecule has 0 spiro atoms. The van der Waals surface area contributed by atoms with E-state index in [1.807, 2.05) is 6.92 Å². The number of alkyl halides is 3. The Bertz CT molecular complexity index is 455. The summed E-state index contributed by atoms with van der Waals surface area (Å²) in [6.45, 7) is 1.82. The number of hydrogen-bond donors (Lipinski definition) is 1. The molecule has 0 aromatic heterocycles. The van der Waals surface area contributed by atoms with Gasteiger partial charge in [-0.05, 0) is 24.1 Å². The lowest BCUT2D eigenvalue weighted by Crippen LogP contribution is -2.31. The predicted molar refractivity (Wildman–Crippen MR) is 76.8 cm³/mol. The molecule has 1 aromatic rings. The molecule has 124 valence electrons. The zero-order valence-corrected chi connectivity index (χ0v) is 12.5. The molecule has 1 aromatic carbocycles. The Kier molecular flexibility index (Phi) is 7.38. The summed E-state index contributed by atoms with van der Waals surface area (Å²) in [6.07, 6.45) is -3.07. The van der Waals surface area contributed by atoms with Crippen LogP contribution < -0.4 is 0 Å². The Labute approximate surface area is 128 Å². The predicted octanol–water partition coefficient (Wildman–Crippen LogP) is 4.80. The first-order valence-corrected chi connectivity index (χ1v) is 7.35. The zero-order valence-electron chi connectivity index (χ0n) is 12.5. The van der Waals surface area contributed by atoms with Gasteiger partial charge in [-0.3, -0.25) is 0 Å². The summed E-state index contributed by atoms with van der Waals surface area (Å²) in [5.41, 5.74) is 0.614. The number of carboxylic acid groups (broad SMARTS) is 1. The van der Waals surface area contributed by atoms with E-state index >= 15 is 0 Å². The van der Waals surface area contributed by atoms with Crippen LogP contribution in [0.15, 0.2) is 24.3 Å². The SMILES string of the molecule is CCCCCCC(OCc1ccc(C(=O)O)cc1)C(F)(F)F. The van der Waals surface area contributed by atoms with Crippen molar-refractivity contribution in [1.29, 1.82) is 0 Å². The second-order valence-corrected chi connectivity index (χ2v) is 5.19. The quantitative estimate of drug-likeness (QED) is 0.665. The number of unbranched alkanes of at least 4 members (excludes halogenated alkanes) is 3. The summed E-state index contributed by atoms with van der Waals surface area (Å²) in [5.74, 6) is -1.07. The van der Waals surface area contributed by atoms with Gasteiger partial charge in [0.05, 0.1) is 12.2 Å². The van der Waals surface area contributed by atoms with Crippen molar-refractivity contribution in [3.05, 3.63) is 35.4 Å². The molecule has 0 aliphatic carbocycles. The minimum atomic E-state index is -4.38. The molecule has 0 heterocycles. The molecule has 1 unspecified atom stereocenters. The van der Waals surface area contributed by atoms with Crippen molar-refractivity contribution in [3.8, 4) is 0 Å². The van der Waals surface area contributed by atoms with Crippen LogP contribution in [-0.4, -0.2) is 23.4 Å². The number of carbonyl (C=O) groups is 1. The Balaban J connectivity index is 2.53. The lowest BCUT2D eigenvalue weighted by atomic mass is 10.1. The van der Waals surface area contributed by atoms with Crippen molar-refractivity contribution in [3.63, 3.8) is 0 Å². The Morgan fingerprint density at radius 1 is 1.18 bits per heavy atom. The summed E-state index contributed by atoms with van der Waals surface area (Å²) >= 11 is 0. The van der Waals surface area contributed by atoms with E-state index in [1.54, 1.807) is 0 Å². The molecule has 0 saturated carbocycles. The van der Waals surface area contributed by atoms with Gasteiger partial charge in [0.15, 0.2) is 6.10 Å². The zero-order chi connectivity index (χ0) is 16.6. The molecular formula is C16H21F3O3. The molecule has 1 atom stereocenters. The van der Waals surface area contributed by atoms with Crippen LogP contribution in [0.2, 0.25) is 0 Å². The summed E-state index contributed by atoms with van der Waals surface area (Å²) in [6, 6.07) is 5.64. The topological polar surface area (TPSA) is 46.5 Å². The fourth-order valence-electron chi connectivity index (χ4n) is 2.04. The van der Waals surface area contributed by atoms with E-state index < -0.39 is 18.2 Å². The van der Waals surface area contributed by atoms with E-state index in [1.165, 1.54) is 24.3 Å². The van der Waals surface area contributed by atoms with Gasteiger partial charge in [-0.2, -0.15) is 13.2 Å². The van der Waals surface area contributed by atoms with Crippen LogP contribution in [0.5, 0.6) is 0 Å². The lowest BCUT2D eigenvalue weighted by Gasteiger charge is -2.21. The lowest BCUT2D eigenvalue weighted by molar-refractivity contribution is -0.225. The molecule has 1 N–H and O–H groups in total. The maximum absolute atomic E-state index is 12.9. The van der Waals surface area contributed by atoms with Gasteiger partial charge in [0.2, 0.25) is 0 Å². The van der Waals surface area contributed by atoms with Crippen LogP contribution in [0.4, 0.5) is 13.2 Å². The largest absolute Gasteiger partial charge is 0.478 e. The smallest absolute Gasteiger partial charge is 0.414 e. The normalized spacial score (nSPS) is 13.1. The molecule has 6 heteroatoms. The van der Waals surface area contributed by atoms with Gasteiger partial charge in [-0.1, -0.05) is 44.7 Å². The van der Waals surface area contributed by atoms with Gasteiger partial charge < -0.3 is 9.84 Å². The fourth-order valence-corrected chi connectivity index (χ4v) is 2.04. The molecule has 0 saturated heterocycles. The summed E-state index contributed by atoms with van der Waals surface area (Å²) in [7, 11) is 0. The van der Waals surface area contributed by atoms with E-state index in [-0.39, 0.29) is 18.6 Å². The molecule has 0 aliphatic rings. The van der Waals surface area contributed by atoms with E-state index in [2.05, 4.69) is 0 Å². The minimum Gasteiger partial charge on any atom is -0.478 e. The first-order valence-electron chi connectivity index (χ1n) is 7.35. The van der Waals surface area contributed by atoms with E-state index in [0.717, 1.165) is 19.3 Å². The Morgan fingerprint density at radius 2 is 1.82 bits per heavy atom. The van der Waals surface area contributed by atoms with Gasteiger partial charge >= 0.3 is 12.1 Å². The van der Waals surface area contributed by atoms with Gasteiger partial charge in [0.1, 0.15) is 0 Å². The highest BCUT2D eigenvalue weighted by Gasteiger charge is 2.39. The van der Waals surface area contributed by atoms with Crippen molar-refractivity contribution in [2.45, 2.75) is 57.9 Å². The number of halogens is 3. The Morgan fingerprint density at radius 3 is 2.32 bits per heavy atom. The second-order valence-electron chi connectivity index (χ2n) is 5.19. The van der Waals surface area contributed by atoms with Crippen LogP contribution in [0.3, 0.4) is 0 Å². The summed E-state index contributed by atoms with van der Waals surface area (Å²) in [4.78, 5) is 10.7. The highest BCUT2D eigenvalue weighted by Crippen LogP contribution is 2.28. The third kappa shape index (κ3) is 6.47. The number of ether oxygens (including phenoxy) is 1. The fraction of sp³-hybridized carbons (Fsp3) is 0.562. The molecule has 22 heavy (non-hydrogen) atoms. The first-order chi connectivity index (χ1) is 10.3. The van der Waals surface area contributed by atoms with Gasteiger partial charge in [0, 0.05) is 0 Å². The number of rotatable bonds is 9. The molecule has 0 amide bonds. The van der Waals surface area contributed by atoms with Crippen LogP contribution in [0, 0.1) is 0 Å². The van der Waals surface area contributed by atoms with Gasteiger partial charge in [-0.25, -0.2) is 4.79 Å². The minimum absolute atomic E-state index is 0.0449. The second kappa shape index (κ2) is 8.78. The number of benzene rings is 1. The van der Waals surface area contributed by atoms with Crippen LogP contribution in [0.25, 0.3) is 0 Å². The van der Waals surface area contributed by atoms with Crippen molar-refractivity contribution < 1.29 is 27.8 Å². The first kappa shape index (κ1) is 18.5. The highest BCUT2D eigenvalue weighted by molar-refractivity contribution is 5.87. The Hall–Kier alpha value is -1.56. The van der Waals surface area contributed by atoms with Gasteiger partial charge in [0.25, 0.3) is 0 Å². The van der Waals surface area contributed by atoms with E-state index in [4.69, 9.17) is 9.84 Å². The maximum atomic E-state index is 12.9. The van der Waals surface area contributed by atoms with Crippen LogP contribution >= 0.6 is 0 Å². The number of hydrogen-bond acceptors (Lipinski definition) is 2. The van der Waals surface area contributed by atoms with Crippen LogP contribution in [0.1, 0.15) is 54.9 Å². The number of aromatic carboxylic acids is 1. The summed E-state index contributed by atoms with van der Waals surface area (Å²) in [5, 5.41) is 8.76. The number of carboxylic acids is 1. The molecule has 0 aliphatic heterocycles. The molecular weight excluding hydrogens is 297 g/mol. The van der Waals surface area contributed by atoms with Crippen LogP contribution in [-0.2, 0) is 11.3 Å². The monoisotopic (exact) mass is 318 g/mol. The van der Waals surface area contributed by atoms with Crippen molar-refractivity contribution >= 4 is 5.97 Å². The van der Waals surface area contributed by atoms with Crippen molar-refractivity contribution in [2.24, 2.45) is 0 Å². The van der Waals surface area contributed by atoms with Crippen molar-refractivity contribution in [2.75, 3.05) is 0 Å². The third-order valence-corrected chi connectivity index (χ3v) is 3.34. The average Bonchev–Trinajstić information content (AvgIpc) is 2.45. The molecule has 3 nitrogen and oxygen atoms in total. The van der Waals surface area contributed by atoms with Gasteiger partial charge in [-0.15, -0.1) is 0 Å². The van der Waals surface area contributed by atoms with E-state index in [0.29, 0.717) is 12.0 Å². The van der Waals surface area contributed by atoms with Crippen molar-refractivity contribution in [1.82, 2.24) is 0 Å². The molecule has 0 fully saturated rings. The standard InChI is InChI=1S/C16H21F3O3/c1-2-3-4-5-6-14(16(17,18)19)22-11-12-7-9-13(10-8-12)15(20)21/h7-10,14H,2-6,11H2,1H3,(H,20,21). The third-order valence-electron chi connectivity index (χ3n) is 3.34. The van der Waals surface area contributed by atoms with E-state index in [9.17, 15) is 18.0 Å². The average molecular weight is 318 g/mol. The maximum Gasteiger partial charge on any atom is 0.414 e. The molecule has 1 rings (SSSR count). The summed E-state index contributed by atoms with van der Waals surface area (Å²) < 4.78 is 43.7. The highest BCUT2D eigenvalue weighted by atomic mass is 19.4. The molecule has 0 radical (unpaired) electrons.